The summed E-state index contributed by atoms with van der Waals surface area (Å²) in [6.45, 7) is -1.20. The molecule has 4 aliphatic rings. The molecule has 20 atom stereocenters. The predicted octanol–water partition coefficient (Wildman–Crippen LogP) is -8.72. The van der Waals surface area contributed by atoms with Crippen molar-refractivity contribution in [1.82, 2.24) is 0 Å². The van der Waals surface area contributed by atoms with Gasteiger partial charge < -0.3 is 99.5 Å². The number of aliphatic hydroxyl groups is 13. The molecule has 0 aromatic rings. The van der Waals surface area contributed by atoms with Crippen molar-refractivity contribution in [2.75, 3.05) is 19.8 Å². The van der Waals surface area contributed by atoms with Gasteiger partial charge in [-0.25, -0.2) is 0 Å². The van der Waals surface area contributed by atoms with E-state index in [-0.39, 0.29) is 0 Å². The van der Waals surface area contributed by atoms with Crippen LogP contribution in [0.15, 0.2) is 0 Å². The lowest BCUT2D eigenvalue weighted by Gasteiger charge is -2.49. The molecule has 13 N–H and O–H groups in total. The fraction of sp³-hybridized carbons (Fsp3) is 1.00. The van der Waals surface area contributed by atoms with Crippen LogP contribution in [0.2, 0.25) is 0 Å². The number of rotatable bonds is 9. The van der Waals surface area contributed by atoms with Gasteiger partial charge in [0, 0.05) is 0 Å². The van der Waals surface area contributed by atoms with Crippen LogP contribution in [0.4, 0.5) is 0 Å². The van der Waals surface area contributed by atoms with Crippen molar-refractivity contribution in [2.45, 2.75) is 130 Å². The van der Waals surface area contributed by atoms with Gasteiger partial charge in [-0.05, 0) is 6.92 Å². The third-order valence-electron chi connectivity index (χ3n) is 8.17. The molecule has 0 aliphatic carbocycles. The highest BCUT2D eigenvalue weighted by Crippen LogP contribution is 2.34. The number of hydrogen-bond donors (Lipinski definition) is 13. The van der Waals surface area contributed by atoms with Gasteiger partial charge in [0.25, 0.3) is 0 Å². The van der Waals surface area contributed by atoms with Crippen molar-refractivity contribution < 1.29 is 99.5 Å². The van der Waals surface area contributed by atoms with E-state index in [0.717, 1.165) is 0 Å². The molecule has 44 heavy (non-hydrogen) atoms. The third kappa shape index (κ3) is 7.05. The Bertz CT molecular complexity index is 900. The Hall–Kier alpha value is -0.800. The summed E-state index contributed by atoms with van der Waals surface area (Å²) in [5.74, 6) is 0. The molecular weight excluding hydrogens is 608 g/mol. The summed E-state index contributed by atoms with van der Waals surface area (Å²) in [6, 6.07) is 0. The van der Waals surface area contributed by atoms with Crippen LogP contribution in [0, 0.1) is 0 Å². The van der Waals surface area contributed by atoms with Crippen LogP contribution in [0.1, 0.15) is 6.92 Å². The summed E-state index contributed by atoms with van der Waals surface area (Å²) in [6.07, 6.45) is -34.6. The monoisotopic (exact) mass is 650 g/mol. The van der Waals surface area contributed by atoms with Gasteiger partial charge in [-0.1, -0.05) is 0 Å². The van der Waals surface area contributed by atoms with E-state index < -0.39 is 143 Å². The van der Waals surface area contributed by atoms with E-state index in [2.05, 4.69) is 0 Å². The van der Waals surface area contributed by atoms with Crippen molar-refractivity contribution in [3.63, 3.8) is 0 Å². The van der Waals surface area contributed by atoms with Crippen LogP contribution in [-0.4, -0.2) is 209 Å². The molecule has 0 saturated carbocycles. The maximum Gasteiger partial charge on any atom is 0.187 e. The predicted molar refractivity (Wildman–Crippen MR) is 132 cm³/mol. The molecule has 20 heteroatoms. The molecule has 0 spiro atoms. The van der Waals surface area contributed by atoms with Crippen LogP contribution in [-0.2, 0) is 33.2 Å². The maximum atomic E-state index is 11.1. The zero-order chi connectivity index (χ0) is 32.6. The SMILES string of the molecule is C[C@@H]1O[C@@H](O[C@@H]2[C@@H](O)[C@H](O)O[C@H](CO)[C@H]2O[C@@H]2O[C@H](CO)[C@H](O)[C@H](O[C@H]3O[C@H](CO)[C@H](O)[C@H](O)[C@H]3O)[C@H]2O)[C@@H](O)[C@H](O)[C@@H]1O. The highest BCUT2D eigenvalue weighted by molar-refractivity contribution is 4.97. The lowest BCUT2D eigenvalue weighted by molar-refractivity contribution is -0.392. The van der Waals surface area contributed by atoms with Crippen molar-refractivity contribution >= 4 is 0 Å². The van der Waals surface area contributed by atoms with Gasteiger partial charge in [0.2, 0.25) is 0 Å². The second-order valence-corrected chi connectivity index (χ2v) is 11.1. The molecule has 0 aromatic carbocycles. The van der Waals surface area contributed by atoms with Gasteiger partial charge in [-0.2, -0.15) is 0 Å². The minimum atomic E-state index is -2.02. The van der Waals surface area contributed by atoms with Gasteiger partial charge in [0.05, 0.1) is 25.9 Å². The molecule has 258 valence electrons. The van der Waals surface area contributed by atoms with E-state index in [9.17, 15) is 66.4 Å². The number of hydrogen-bond acceptors (Lipinski definition) is 20. The van der Waals surface area contributed by atoms with Crippen molar-refractivity contribution in [2.24, 2.45) is 0 Å². The van der Waals surface area contributed by atoms with Crippen LogP contribution >= 0.6 is 0 Å². The summed E-state index contributed by atoms with van der Waals surface area (Å²) in [7, 11) is 0. The van der Waals surface area contributed by atoms with E-state index in [0.29, 0.717) is 0 Å². The summed E-state index contributed by atoms with van der Waals surface area (Å²) in [4.78, 5) is 0. The van der Waals surface area contributed by atoms with Gasteiger partial charge in [0.15, 0.2) is 25.2 Å². The molecule has 4 heterocycles. The molecule has 0 unspecified atom stereocenters. The van der Waals surface area contributed by atoms with Gasteiger partial charge >= 0.3 is 0 Å². The van der Waals surface area contributed by atoms with E-state index >= 15 is 0 Å². The molecular formula is C24H42O20. The van der Waals surface area contributed by atoms with Gasteiger partial charge in [-0.15, -0.1) is 0 Å². The average molecular weight is 651 g/mol. The Kier molecular flexibility index (Phi) is 12.3. The molecule has 4 fully saturated rings. The summed E-state index contributed by atoms with van der Waals surface area (Å²) in [5.41, 5.74) is 0. The van der Waals surface area contributed by atoms with Crippen LogP contribution < -0.4 is 0 Å². The standard InChI is InChI=1S/C24H42O20/c1-5-9(28)12(31)14(33)22(38-5)44-20-16(35)21(37)39-8(4-27)18(20)42-24-17(36)19(11(30)7(3-26)41-24)43-23-15(34)13(32)10(29)6(2-25)40-23/h5-37H,2-4H2,1H3/t5-,6+,7+,8+,9+,10-,11-,12+,13-,14-,15+,16+,17+,18+,19-,20+,21+,22-,23+,24-/m0/s1. The molecule has 0 radical (unpaired) electrons. The molecule has 0 bridgehead atoms. The largest absolute Gasteiger partial charge is 0.394 e. The lowest BCUT2D eigenvalue weighted by Crippen LogP contribution is -2.67. The first-order valence-electron chi connectivity index (χ1n) is 14.0. The Morgan fingerprint density at radius 2 is 0.864 bits per heavy atom. The first kappa shape index (κ1) is 36.0. The van der Waals surface area contributed by atoms with Crippen LogP contribution in [0.3, 0.4) is 0 Å². The summed E-state index contributed by atoms with van der Waals surface area (Å²) >= 11 is 0. The molecule has 0 amide bonds. The number of aliphatic hydroxyl groups excluding tert-OH is 13. The smallest absolute Gasteiger partial charge is 0.187 e. The van der Waals surface area contributed by atoms with E-state index in [4.69, 9.17) is 33.2 Å². The second-order valence-electron chi connectivity index (χ2n) is 11.1. The Morgan fingerprint density at radius 1 is 0.409 bits per heavy atom. The van der Waals surface area contributed by atoms with E-state index in [1.54, 1.807) is 0 Å². The van der Waals surface area contributed by atoms with Crippen molar-refractivity contribution in [3.8, 4) is 0 Å². The second kappa shape index (κ2) is 15.0. The third-order valence-corrected chi connectivity index (χ3v) is 8.17. The first-order chi connectivity index (χ1) is 20.7. The summed E-state index contributed by atoms with van der Waals surface area (Å²) < 4.78 is 38.3. The molecule has 4 rings (SSSR count). The van der Waals surface area contributed by atoms with Crippen LogP contribution in [0.25, 0.3) is 0 Å². The van der Waals surface area contributed by atoms with Gasteiger partial charge in [-0.3, -0.25) is 0 Å². The zero-order valence-electron chi connectivity index (χ0n) is 23.3. The molecule has 4 aliphatic heterocycles. The topological polar surface area (TPSA) is 328 Å². The van der Waals surface area contributed by atoms with Crippen molar-refractivity contribution in [1.29, 1.82) is 0 Å². The maximum absolute atomic E-state index is 11.1. The highest BCUT2D eigenvalue weighted by atomic mass is 16.8. The van der Waals surface area contributed by atoms with Crippen molar-refractivity contribution in [3.05, 3.63) is 0 Å². The molecule has 20 nitrogen and oxygen atoms in total. The number of ether oxygens (including phenoxy) is 7. The molecule has 4 saturated heterocycles. The first-order valence-corrected chi connectivity index (χ1v) is 14.0. The summed E-state index contributed by atoms with van der Waals surface area (Å²) in [5, 5.41) is 133. The lowest BCUT2D eigenvalue weighted by atomic mass is 9.95. The van der Waals surface area contributed by atoms with Gasteiger partial charge in [0.1, 0.15) is 91.6 Å². The Morgan fingerprint density at radius 3 is 1.43 bits per heavy atom. The van der Waals surface area contributed by atoms with E-state index in [1.807, 2.05) is 0 Å². The van der Waals surface area contributed by atoms with E-state index in [1.165, 1.54) is 6.92 Å². The highest BCUT2D eigenvalue weighted by Gasteiger charge is 2.55. The fourth-order valence-corrected chi connectivity index (χ4v) is 5.47. The Labute approximate surface area is 249 Å². The minimum absolute atomic E-state index is 0.803. The average Bonchev–Trinajstić information content (AvgIpc) is 3.01. The Balaban J connectivity index is 1.57. The normalized spacial score (nSPS) is 53.9. The molecule has 0 aromatic heterocycles. The zero-order valence-corrected chi connectivity index (χ0v) is 23.3. The van der Waals surface area contributed by atoms with Crippen LogP contribution in [0.5, 0.6) is 0 Å². The fourth-order valence-electron chi connectivity index (χ4n) is 5.47. The minimum Gasteiger partial charge on any atom is -0.394 e. The quantitative estimate of drug-likeness (QED) is 0.110.